The molecule has 0 atom stereocenters. The Labute approximate surface area is 131 Å². The summed E-state index contributed by atoms with van der Waals surface area (Å²) in [6.07, 6.45) is 1.44. The largest absolute Gasteiger partial charge is 0.321 e. The number of benzene rings is 1. The van der Waals surface area contributed by atoms with Crippen LogP contribution in [-0.4, -0.2) is 26.1 Å². The number of anilines is 1. The molecule has 0 saturated heterocycles. The summed E-state index contributed by atoms with van der Waals surface area (Å²) in [7, 11) is 0. The molecule has 3 aromatic rings. The van der Waals surface area contributed by atoms with Gasteiger partial charge in [0.1, 0.15) is 11.5 Å². The average Bonchev–Trinajstić information content (AvgIpc) is 2.95. The second-order valence-corrected chi connectivity index (χ2v) is 5.07. The van der Waals surface area contributed by atoms with E-state index in [1.54, 1.807) is 24.3 Å². The van der Waals surface area contributed by atoms with E-state index in [1.807, 2.05) is 19.1 Å². The number of amides is 1. The van der Waals surface area contributed by atoms with Crippen molar-refractivity contribution in [1.29, 1.82) is 0 Å². The second kappa shape index (κ2) is 5.95. The number of hydrogen-bond acceptors (Lipinski definition) is 4. The first-order chi connectivity index (χ1) is 10.6. The number of nitrogens with one attached hydrogen (secondary N) is 2. The molecule has 0 aliphatic carbocycles. The molecule has 0 radical (unpaired) electrons. The maximum absolute atomic E-state index is 12.0. The van der Waals surface area contributed by atoms with Gasteiger partial charge in [-0.2, -0.15) is 5.10 Å². The number of nitrogens with zero attached hydrogens (tertiary/aromatic N) is 3. The third kappa shape index (κ3) is 3.12. The predicted molar refractivity (Wildman–Crippen MR) is 83.8 cm³/mol. The predicted octanol–water partition coefficient (Wildman–Crippen LogP) is 3.08. The Morgan fingerprint density at radius 2 is 1.95 bits per heavy atom. The number of aromatic nitrogens is 4. The highest BCUT2D eigenvalue weighted by Gasteiger charge is 2.08. The molecule has 2 N–H and O–H groups in total. The standard InChI is InChI=1S/C15H12ClN5O/c1-9-18-14(21-20-9)10-2-5-12(6-3-10)19-15(22)13-7-4-11(16)8-17-13/h2-8H,1H3,(H,19,22)(H,18,20,21). The van der Waals surface area contributed by atoms with Gasteiger partial charge in [0, 0.05) is 17.4 Å². The number of rotatable bonds is 3. The molecule has 0 unspecified atom stereocenters. The van der Waals surface area contributed by atoms with Crippen molar-refractivity contribution in [2.75, 3.05) is 5.32 Å². The minimum Gasteiger partial charge on any atom is -0.321 e. The Balaban J connectivity index is 1.73. The Morgan fingerprint density at radius 3 is 2.55 bits per heavy atom. The molecule has 2 heterocycles. The normalized spacial score (nSPS) is 10.5. The molecule has 3 rings (SSSR count). The number of carbonyl (C=O) groups is 1. The molecule has 0 fully saturated rings. The molecule has 22 heavy (non-hydrogen) atoms. The van der Waals surface area contributed by atoms with Crippen LogP contribution in [-0.2, 0) is 0 Å². The number of H-pyrrole nitrogens is 1. The van der Waals surface area contributed by atoms with Gasteiger partial charge in [-0.05, 0) is 43.3 Å². The van der Waals surface area contributed by atoms with Gasteiger partial charge in [0.15, 0.2) is 5.82 Å². The van der Waals surface area contributed by atoms with Crippen LogP contribution in [0.1, 0.15) is 16.3 Å². The van der Waals surface area contributed by atoms with Crippen LogP contribution in [0.2, 0.25) is 5.02 Å². The lowest BCUT2D eigenvalue weighted by molar-refractivity contribution is 0.102. The van der Waals surface area contributed by atoms with E-state index in [0.29, 0.717) is 22.2 Å². The number of carbonyl (C=O) groups excluding carboxylic acids is 1. The number of aromatic amines is 1. The third-order valence-electron chi connectivity index (χ3n) is 2.96. The highest BCUT2D eigenvalue weighted by Crippen LogP contribution is 2.18. The van der Waals surface area contributed by atoms with Crippen LogP contribution in [0.15, 0.2) is 42.6 Å². The zero-order valence-electron chi connectivity index (χ0n) is 11.7. The maximum Gasteiger partial charge on any atom is 0.274 e. The van der Waals surface area contributed by atoms with Gasteiger partial charge < -0.3 is 5.32 Å². The van der Waals surface area contributed by atoms with E-state index in [-0.39, 0.29) is 5.91 Å². The van der Waals surface area contributed by atoms with Gasteiger partial charge in [0.2, 0.25) is 0 Å². The van der Waals surface area contributed by atoms with Gasteiger partial charge in [-0.25, -0.2) is 9.97 Å². The first kappa shape index (κ1) is 14.2. The van der Waals surface area contributed by atoms with Crippen LogP contribution in [0.5, 0.6) is 0 Å². The average molecular weight is 314 g/mol. The van der Waals surface area contributed by atoms with Gasteiger partial charge in [-0.1, -0.05) is 11.6 Å². The first-order valence-corrected chi connectivity index (χ1v) is 6.92. The van der Waals surface area contributed by atoms with Crippen molar-refractivity contribution < 1.29 is 4.79 Å². The zero-order chi connectivity index (χ0) is 15.5. The fourth-order valence-electron chi connectivity index (χ4n) is 1.88. The van der Waals surface area contributed by atoms with Crippen molar-refractivity contribution in [2.45, 2.75) is 6.92 Å². The molecule has 0 aliphatic rings. The van der Waals surface area contributed by atoms with E-state index in [0.717, 1.165) is 11.4 Å². The second-order valence-electron chi connectivity index (χ2n) is 4.64. The Kier molecular flexibility index (Phi) is 3.84. The number of pyridine rings is 1. The quantitative estimate of drug-likeness (QED) is 0.778. The minimum absolute atomic E-state index is 0.293. The van der Waals surface area contributed by atoms with Crippen molar-refractivity contribution in [2.24, 2.45) is 0 Å². The summed E-state index contributed by atoms with van der Waals surface area (Å²) in [6, 6.07) is 10.4. The van der Waals surface area contributed by atoms with Gasteiger partial charge in [-0.3, -0.25) is 9.89 Å². The highest BCUT2D eigenvalue weighted by molar-refractivity contribution is 6.30. The van der Waals surface area contributed by atoms with E-state index in [4.69, 9.17) is 11.6 Å². The van der Waals surface area contributed by atoms with E-state index >= 15 is 0 Å². The van der Waals surface area contributed by atoms with Crippen LogP contribution < -0.4 is 5.32 Å². The smallest absolute Gasteiger partial charge is 0.274 e. The lowest BCUT2D eigenvalue weighted by Gasteiger charge is -2.05. The van der Waals surface area contributed by atoms with E-state index < -0.39 is 0 Å². The van der Waals surface area contributed by atoms with Crippen LogP contribution >= 0.6 is 11.6 Å². The molecular weight excluding hydrogens is 302 g/mol. The molecule has 7 heteroatoms. The van der Waals surface area contributed by atoms with Crippen LogP contribution in [0.4, 0.5) is 5.69 Å². The zero-order valence-corrected chi connectivity index (χ0v) is 12.4. The van der Waals surface area contributed by atoms with Gasteiger partial charge in [0.25, 0.3) is 5.91 Å². The fourth-order valence-corrected chi connectivity index (χ4v) is 1.99. The minimum atomic E-state index is -0.293. The van der Waals surface area contributed by atoms with E-state index in [2.05, 4.69) is 25.5 Å². The first-order valence-electron chi connectivity index (χ1n) is 6.54. The molecule has 0 spiro atoms. The van der Waals surface area contributed by atoms with Crippen molar-refractivity contribution in [3.8, 4) is 11.4 Å². The SMILES string of the molecule is Cc1nc(-c2ccc(NC(=O)c3ccc(Cl)cn3)cc2)n[nH]1. The third-order valence-corrected chi connectivity index (χ3v) is 3.18. The van der Waals surface area contributed by atoms with Crippen molar-refractivity contribution in [3.05, 3.63) is 59.1 Å². The Morgan fingerprint density at radius 1 is 1.18 bits per heavy atom. The van der Waals surface area contributed by atoms with E-state index in [9.17, 15) is 4.79 Å². The van der Waals surface area contributed by atoms with E-state index in [1.165, 1.54) is 6.20 Å². The maximum atomic E-state index is 12.0. The molecule has 2 aromatic heterocycles. The molecule has 1 aromatic carbocycles. The lowest BCUT2D eigenvalue weighted by Crippen LogP contribution is -2.13. The van der Waals surface area contributed by atoms with Crippen LogP contribution in [0.3, 0.4) is 0 Å². The topological polar surface area (TPSA) is 83.6 Å². The monoisotopic (exact) mass is 313 g/mol. The Hall–Kier alpha value is -2.73. The number of aryl methyl sites for hydroxylation is 1. The fraction of sp³-hybridized carbons (Fsp3) is 0.0667. The summed E-state index contributed by atoms with van der Waals surface area (Å²) in [5, 5.41) is 10.1. The summed E-state index contributed by atoms with van der Waals surface area (Å²) in [6.45, 7) is 1.84. The van der Waals surface area contributed by atoms with Gasteiger partial charge >= 0.3 is 0 Å². The van der Waals surface area contributed by atoms with Crippen molar-refractivity contribution >= 4 is 23.2 Å². The summed E-state index contributed by atoms with van der Waals surface area (Å²) >= 11 is 5.75. The van der Waals surface area contributed by atoms with Gasteiger partial charge in [0.05, 0.1) is 5.02 Å². The molecule has 0 bridgehead atoms. The van der Waals surface area contributed by atoms with Crippen molar-refractivity contribution in [3.63, 3.8) is 0 Å². The summed E-state index contributed by atoms with van der Waals surface area (Å²) < 4.78 is 0. The van der Waals surface area contributed by atoms with Crippen molar-refractivity contribution in [1.82, 2.24) is 20.2 Å². The van der Waals surface area contributed by atoms with Crippen LogP contribution in [0.25, 0.3) is 11.4 Å². The molecule has 110 valence electrons. The number of hydrogen-bond donors (Lipinski definition) is 2. The molecule has 0 aliphatic heterocycles. The van der Waals surface area contributed by atoms with Gasteiger partial charge in [-0.15, -0.1) is 0 Å². The lowest BCUT2D eigenvalue weighted by atomic mass is 10.2. The molecule has 1 amide bonds. The molecular formula is C15H12ClN5O. The number of halogens is 1. The molecule has 0 saturated carbocycles. The van der Waals surface area contributed by atoms with Crippen LogP contribution in [0, 0.1) is 6.92 Å². The summed E-state index contributed by atoms with van der Waals surface area (Å²) in [5.41, 5.74) is 1.84. The molecule has 6 nitrogen and oxygen atoms in total. The highest BCUT2D eigenvalue weighted by atomic mass is 35.5. The Bertz CT molecular complexity index is 796. The summed E-state index contributed by atoms with van der Waals surface area (Å²) in [4.78, 5) is 20.3. The summed E-state index contributed by atoms with van der Waals surface area (Å²) in [5.74, 6) is 1.08.